The summed E-state index contributed by atoms with van der Waals surface area (Å²) in [5, 5.41) is 13.1. The number of benzene rings is 1. The molecule has 0 aliphatic rings. The van der Waals surface area contributed by atoms with Crippen molar-refractivity contribution in [3.05, 3.63) is 47.8 Å². The molecule has 0 aliphatic carbocycles. The zero-order valence-corrected chi connectivity index (χ0v) is 9.75. The van der Waals surface area contributed by atoms with Crippen LogP contribution < -0.4 is 0 Å². The molecule has 0 saturated carbocycles. The molecule has 2 rings (SSSR count). The Balaban J connectivity index is 2.30. The van der Waals surface area contributed by atoms with Gasteiger partial charge in [0, 0.05) is 13.5 Å². The number of hydrogen-bond donors (Lipinski definition) is 1. The Hall–Kier alpha value is -2.24. The molecule has 0 saturated heterocycles. The molecule has 5 nitrogen and oxygen atoms in total. The highest BCUT2D eigenvalue weighted by Crippen LogP contribution is 2.21. The highest BCUT2D eigenvalue weighted by molar-refractivity contribution is 5.76. The zero-order valence-electron chi connectivity index (χ0n) is 9.75. The molecule has 0 fully saturated rings. The van der Waals surface area contributed by atoms with Crippen LogP contribution >= 0.6 is 0 Å². The molecule has 18 heavy (non-hydrogen) atoms. The molecule has 0 aliphatic heterocycles. The van der Waals surface area contributed by atoms with Crippen molar-refractivity contribution >= 4 is 5.97 Å². The van der Waals surface area contributed by atoms with Crippen molar-refractivity contribution in [1.29, 1.82) is 0 Å². The average Bonchev–Trinajstić information content (AvgIpc) is 2.71. The molecule has 1 atom stereocenters. The van der Waals surface area contributed by atoms with E-state index >= 15 is 0 Å². The number of aryl methyl sites for hydroxylation is 1. The van der Waals surface area contributed by atoms with E-state index in [2.05, 4.69) is 10.1 Å². The zero-order chi connectivity index (χ0) is 13.1. The van der Waals surface area contributed by atoms with Gasteiger partial charge >= 0.3 is 5.97 Å². The maximum absolute atomic E-state index is 13.1. The first-order valence-electron chi connectivity index (χ1n) is 5.39. The molecule has 1 N–H and O–H groups in total. The Morgan fingerprint density at radius 1 is 1.56 bits per heavy atom. The molecular weight excluding hydrogens is 237 g/mol. The second-order valence-corrected chi connectivity index (χ2v) is 3.95. The fraction of sp³-hybridized carbons (Fsp3) is 0.250. The fourth-order valence-electron chi connectivity index (χ4n) is 1.76. The maximum atomic E-state index is 13.1. The van der Waals surface area contributed by atoms with Crippen LogP contribution in [-0.4, -0.2) is 25.8 Å². The van der Waals surface area contributed by atoms with Gasteiger partial charge in [0.25, 0.3) is 0 Å². The number of carbonyl (C=O) groups is 1. The minimum Gasteiger partial charge on any atom is -0.481 e. The number of aromatic nitrogens is 3. The van der Waals surface area contributed by atoms with Gasteiger partial charge < -0.3 is 5.11 Å². The first kappa shape index (κ1) is 12.2. The summed E-state index contributed by atoms with van der Waals surface area (Å²) < 4.78 is 14.6. The van der Waals surface area contributed by atoms with Gasteiger partial charge in [0.2, 0.25) is 0 Å². The van der Waals surface area contributed by atoms with Gasteiger partial charge in [0.1, 0.15) is 18.0 Å². The Labute approximate surface area is 103 Å². The van der Waals surface area contributed by atoms with Crippen LogP contribution in [0.15, 0.2) is 30.6 Å². The van der Waals surface area contributed by atoms with Gasteiger partial charge in [-0.2, -0.15) is 5.10 Å². The van der Waals surface area contributed by atoms with Gasteiger partial charge in [-0.05, 0) is 17.7 Å². The number of carboxylic acid groups (broad SMARTS) is 1. The Morgan fingerprint density at radius 2 is 2.33 bits per heavy atom. The summed E-state index contributed by atoms with van der Waals surface area (Å²) in [5.41, 5.74) is 0.422. The highest BCUT2D eigenvalue weighted by atomic mass is 19.1. The summed E-state index contributed by atoms with van der Waals surface area (Å²) in [5.74, 6) is -1.74. The Bertz CT molecular complexity index is 568. The first-order valence-corrected chi connectivity index (χ1v) is 5.39. The maximum Gasteiger partial charge on any atom is 0.311 e. The number of carboxylic acids is 1. The SMILES string of the molecule is Cn1ncnc1CC(C(=O)O)c1cccc(F)c1. The standard InChI is InChI=1S/C12H12FN3O2/c1-16-11(14-7-15-16)6-10(12(17)18)8-3-2-4-9(13)5-8/h2-5,7,10H,6H2,1H3,(H,17,18). The third-order valence-corrected chi connectivity index (χ3v) is 2.74. The second kappa shape index (κ2) is 4.95. The predicted octanol–water partition coefficient (Wildman–Crippen LogP) is 1.37. The van der Waals surface area contributed by atoms with Crippen LogP contribution in [-0.2, 0) is 18.3 Å². The molecule has 0 radical (unpaired) electrons. The summed E-state index contributed by atoms with van der Waals surface area (Å²) in [6.45, 7) is 0. The predicted molar refractivity (Wildman–Crippen MR) is 61.5 cm³/mol. The smallest absolute Gasteiger partial charge is 0.311 e. The molecule has 0 spiro atoms. The molecule has 94 valence electrons. The molecule has 1 unspecified atom stereocenters. The van der Waals surface area contributed by atoms with Crippen LogP contribution in [0.3, 0.4) is 0 Å². The molecule has 6 heteroatoms. The molecule has 1 heterocycles. The van der Waals surface area contributed by atoms with E-state index in [4.69, 9.17) is 0 Å². The largest absolute Gasteiger partial charge is 0.481 e. The molecular formula is C12H12FN3O2. The number of hydrogen-bond acceptors (Lipinski definition) is 3. The van der Waals surface area contributed by atoms with E-state index in [0.29, 0.717) is 11.4 Å². The third-order valence-electron chi connectivity index (χ3n) is 2.74. The Kier molecular flexibility index (Phi) is 3.36. The van der Waals surface area contributed by atoms with Gasteiger partial charge in [0.15, 0.2) is 0 Å². The van der Waals surface area contributed by atoms with Crippen LogP contribution in [0.1, 0.15) is 17.3 Å². The van der Waals surface area contributed by atoms with Crippen molar-refractivity contribution in [2.24, 2.45) is 7.05 Å². The van der Waals surface area contributed by atoms with Gasteiger partial charge in [0.05, 0.1) is 5.92 Å². The lowest BCUT2D eigenvalue weighted by Crippen LogP contribution is -2.17. The number of halogens is 1. The van der Waals surface area contributed by atoms with Crippen LogP contribution in [0.2, 0.25) is 0 Å². The molecule has 1 aromatic carbocycles. The topological polar surface area (TPSA) is 68.0 Å². The summed E-state index contributed by atoms with van der Waals surface area (Å²) in [6, 6.07) is 5.61. The Morgan fingerprint density at radius 3 is 2.89 bits per heavy atom. The van der Waals surface area contributed by atoms with E-state index in [1.54, 1.807) is 13.1 Å². The van der Waals surface area contributed by atoms with E-state index in [1.165, 1.54) is 29.2 Å². The van der Waals surface area contributed by atoms with Gasteiger partial charge in [-0.25, -0.2) is 9.37 Å². The minimum atomic E-state index is -1.01. The van der Waals surface area contributed by atoms with Crippen molar-refractivity contribution in [2.75, 3.05) is 0 Å². The van der Waals surface area contributed by atoms with E-state index in [-0.39, 0.29) is 6.42 Å². The molecule has 2 aromatic rings. The summed E-state index contributed by atoms with van der Waals surface area (Å²) in [4.78, 5) is 15.2. The monoisotopic (exact) mass is 249 g/mol. The van der Waals surface area contributed by atoms with E-state index in [1.807, 2.05) is 0 Å². The van der Waals surface area contributed by atoms with E-state index in [0.717, 1.165) is 0 Å². The average molecular weight is 249 g/mol. The van der Waals surface area contributed by atoms with Gasteiger partial charge in [-0.15, -0.1) is 0 Å². The van der Waals surface area contributed by atoms with Crippen molar-refractivity contribution < 1.29 is 14.3 Å². The quantitative estimate of drug-likeness (QED) is 0.888. The highest BCUT2D eigenvalue weighted by Gasteiger charge is 2.22. The van der Waals surface area contributed by atoms with E-state index in [9.17, 15) is 14.3 Å². The summed E-state index contributed by atoms with van der Waals surface area (Å²) >= 11 is 0. The third kappa shape index (κ3) is 2.53. The molecule has 0 amide bonds. The lowest BCUT2D eigenvalue weighted by atomic mass is 9.95. The lowest BCUT2D eigenvalue weighted by molar-refractivity contribution is -0.138. The van der Waals surface area contributed by atoms with Crippen molar-refractivity contribution in [1.82, 2.24) is 14.8 Å². The van der Waals surface area contributed by atoms with Crippen molar-refractivity contribution in [3.8, 4) is 0 Å². The van der Waals surface area contributed by atoms with Gasteiger partial charge in [-0.1, -0.05) is 12.1 Å². The van der Waals surface area contributed by atoms with Crippen molar-refractivity contribution in [2.45, 2.75) is 12.3 Å². The summed E-state index contributed by atoms with van der Waals surface area (Å²) in [7, 11) is 1.69. The molecule has 0 bridgehead atoms. The van der Waals surface area contributed by atoms with Gasteiger partial charge in [-0.3, -0.25) is 9.48 Å². The van der Waals surface area contributed by atoms with Crippen LogP contribution in [0.5, 0.6) is 0 Å². The minimum absolute atomic E-state index is 0.176. The number of rotatable bonds is 4. The second-order valence-electron chi connectivity index (χ2n) is 3.95. The normalized spacial score (nSPS) is 12.3. The van der Waals surface area contributed by atoms with E-state index < -0.39 is 17.7 Å². The number of aliphatic carboxylic acids is 1. The lowest BCUT2D eigenvalue weighted by Gasteiger charge is -2.12. The molecule has 1 aromatic heterocycles. The summed E-state index contributed by atoms with van der Waals surface area (Å²) in [6.07, 6.45) is 1.54. The first-order chi connectivity index (χ1) is 8.58. The fourth-order valence-corrected chi connectivity index (χ4v) is 1.76. The number of nitrogens with zero attached hydrogens (tertiary/aromatic N) is 3. The van der Waals surface area contributed by atoms with Crippen molar-refractivity contribution in [3.63, 3.8) is 0 Å². The van der Waals surface area contributed by atoms with Crippen LogP contribution in [0.25, 0.3) is 0 Å². The van der Waals surface area contributed by atoms with Crippen LogP contribution in [0.4, 0.5) is 4.39 Å². The van der Waals surface area contributed by atoms with Crippen LogP contribution in [0, 0.1) is 5.82 Å².